The third-order valence-electron chi connectivity index (χ3n) is 3.08. The van der Waals surface area contributed by atoms with Crippen LogP contribution in [0.1, 0.15) is 28.1 Å². The minimum atomic E-state index is 0.0225. The van der Waals surface area contributed by atoms with Crippen molar-refractivity contribution in [3.8, 4) is 0 Å². The number of carbonyl (C=O) groups is 1. The molecule has 0 atom stereocenters. The zero-order chi connectivity index (χ0) is 13.8. The van der Waals surface area contributed by atoms with Gasteiger partial charge < -0.3 is 5.32 Å². The van der Waals surface area contributed by atoms with Crippen molar-refractivity contribution in [2.45, 2.75) is 33.7 Å². The number of amides is 1. The smallest absolute Gasteiger partial charge is 0.224 e. The summed E-state index contributed by atoms with van der Waals surface area (Å²) in [5, 5.41) is 9.83. The summed E-state index contributed by atoms with van der Waals surface area (Å²) < 4.78 is 0. The first-order valence-corrected chi connectivity index (χ1v) is 6.38. The standard InChI is InChI=1S/C15H19N3O/c1-10-4-5-11(2)13(6-10)8-15(19)16-9-14-7-12(3)17-18-14/h4-7H,8-9H2,1-3H3,(H,16,19)(H,17,18). The summed E-state index contributed by atoms with van der Waals surface area (Å²) in [5.41, 5.74) is 5.26. The van der Waals surface area contributed by atoms with E-state index in [1.807, 2.05) is 26.8 Å². The summed E-state index contributed by atoms with van der Waals surface area (Å²) in [5.74, 6) is 0.0225. The van der Waals surface area contributed by atoms with Crippen molar-refractivity contribution >= 4 is 5.91 Å². The number of benzene rings is 1. The molecular formula is C15H19N3O. The second-order valence-electron chi connectivity index (χ2n) is 4.93. The molecule has 0 unspecified atom stereocenters. The normalized spacial score (nSPS) is 10.5. The van der Waals surface area contributed by atoms with Crippen LogP contribution in [0.4, 0.5) is 0 Å². The predicted octanol–water partition coefficient (Wildman–Crippen LogP) is 2.19. The van der Waals surface area contributed by atoms with Crippen molar-refractivity contribution in [3.63, 3.8) is 0 Å². The van der Waals surface area contributed by atoms with Crippen LogP contribution in [0.15, 0.2) is 24.3 Å². The van der Waals surface area contributed by atoms with E-state index in [9.17, 15) is 4.79 Å². The SMILES string of the molecule is Cc1ccc(C)c(CC(=O)NCc2cc(C)[nH]n2)c1. The first-order chi connectivity index (χ1) is 9.04. The van der Waals surface area contributed by atoms with E-state index in [4.69, 9.17) is 0 Å². The predicted molar refractivity (Wildman–Crippen MR) is 74.8 cm³/mol. The second kappa shape index (κ2) is 5.69. The van der Waals surface area contributed by atoms with Gasteiger partial charge in [0.05, 0.1) is 18.7 Å². The summed E-state index contributed by atoms with van der Waals surface area (Å²) in [6, 6.07) is 8.10. The Morgan fingerprint density at radius 3 is 2.74 bits per heavy atom. The topological polar surface area (TPSA) is 57.8 Å². The summed E-state index contributed by atoms with van der Waals surface area (Å²) >= 11 is 0. The molecule has 0 saturated heterocycles. The molecule has 0 spiro atoms. The minimum Gasteiger partial charge on any atom is -0.350 e. The van der Waals surface area contributed by atoms with Crippen LogP contribution in [-0.4, -0.2) is 16.1 Å². The van der Waals surface area contributed by atoms with Crippen molar-refractivity contribution in [1.29, 1.82) is 0 Å². The van der Waals surface area contributed by atoms with Gasteiger partial charge in [0.2, 0.25) is 5.91 Å². The van der Waals surface area contributed by atoms with Gasteiger partial charge >= 0.3 is 0 Å². The average molecular weight is 257 g/mol. The fourth-order valence-corrected chi connectivity index (χ4v) is 1.98. The Balaban J connectivity index is 1.92. The molecule has 2 aromatic rings. The highest BCUT2D eigenvalue weighted by Crippen LogP contribution is 2.11. The van der Waals surface area contributed by atoms with Gasteiger partial charge in [-0.05, 0) is 38.0 Å². The molecule has 1 heterocycles. The summed E-state index contributed by atoms with van der Waals surface area (Å²) in [6.45, 7) is 6.47. The number of H-pyrrole nitrogens is 1. The first-order valence-electron chi connectivity index (χ1n) is 6.38. The molecule has 0 aliphatic rings. The molecular weight excluding hydrogens is 238 g/mol. The maximum Gasteiger partial charge on any atom is 0.224 e. The number of aryl methyl sites for hydroxylation is 3. The maximum atomic E-state index is 11.9. The van der Waals surface area contributed by atoms with Crippen LogP contribution in [0.5, 0.6) is 0 Å². The molecule has 1 amide bonds. The number of carbonyl (C=O) groups excluding carboxylic acids is 1. The lowest BCUT2D eigenvalue weighted by Crippen LogP contribution is -2.25. The molecule has 19 heavy (non-hydrogen) atoms. The molecule has 100 valence electrons. The summed E-state index contributed by atoms with van der Waals surface area (Å²) in [7, 11) is 0. The highest BCUT2D eigenvalue weighted by molar-refractivity contribution is 5.78. The molecule has 1 aromatic carbocycles. The number of aromatic nitrogens is 2. The van der Waals surface area contributed by atoms with Gasteiger partial charge in [0, 0.05) is 5.69 Å². The number of rotatable bonds is 4. The Bertz CT molecular complexity index is 587. The van der Waals surface area contributed by atoms with E-state index in [1.54, 1.807) is 0 Å². The lowest BCUT2D eigenvalue weighted by Gasteiger charge is -2.07. The number of hydrogen-bond acceptors (Lipinski definition) is 2. The van der Waals surface area contributed by atoms with Crippen LogP contribution in [0.25, 0.3) is 0 Å². The monoisotopic (exact) mass is 257 g/mol. The summed E-state index contributed by atoms with van der Waals surface area (Å²) in [4.78, 5) is 11.9. The molecule has 4 heteroatoms. The van der Waals surface area contributed by atoms with Crippen molar-refractivity contribution < 1.29 is 4.79 Å². The number of nitrogens with one attached hydrogen (secondary N) is 2. The molecule has 4 nitrogen and oxygen atoms in total. The quantitative estimate of drug-likeness (QED) is 0.882. The fourth-order valence-electron chi connectivity index (χ4n) is 1.98. The van der Waals surface area contributed by atoms with Gasteiger partial charge in [-0.2, -0.15) is 5.10 Å². The van der Waals surface area contributed by atoms with Gasteiger partial charge in [0.1, 0.15) is 0 Å². The van der Waals surface area contributed by atoms with Crippen LogP contribution >= 0.6 is 0 Å². The van der Waals surface area contributed by atoms with Crippen LogP contribution in [0.3, 0.4) is 0 Å². The number of aromatic amines is 1. The van der Waals surface area contributed by atoms with Gasteiger partial charge in [-0.1, -0.05) is 23.8 Å². The van der Waals surface area contributed by atoms with Crippen molar-refractivity contribution in [2.75, 3.05) is 0 Å². The van der Waals surface area contributed by atoms with E-state index >= 15 is 0 Å². The molecule has 2 N–H and O–H groups in total. The molecule has 1 aromatic heterocycles. The van der Waals surface area contributed by atoms with Crippen molar-refractivity contribution in [2.24, 2.45) is 0 Å². The van der Waals surface area contributed by atoms with E-state index in [1.165, 1.54) is 5.56 Å². The van der Waals surface area contributed by atoms with Crippen molar-refractivity contribution in [3.05, 3.63) is 52.3 Å². The Labute approximate surface area is 113 Å². The van der Waals surface area contributed by atoms with Gasteiger partial charge in [-0.15, -0.1) is 0 Å². The average Bonchev–Trinajstić information content (AvgIpc) is 2.77. The van der Waals surface area contributed by atoms with E-state index in [0.29, 0.717) is 13.0 Å². The third-order valence-corrected chi connectivity index (χ3v) is 3.08. The van der Waals surface area contributed by atoms with E-state index in [-0.39, 0.29) is 5.91 Å². The lowest BCUT2D eigenvalue weighted by atomic mass is 10.0. The number of hydrogen-bond donors (Lipinski definition) is 2. The summed E-state index contributed by atoms with van der Waals surface area (Å²) in [6.07, 6.45) is 0.414. The maximum absolute atomic E-state index is 11.9. The molecule has 0 fully saturated rings. The Morgan fingerprint density at radius 2 is 2.05 bits per heavy atom. The highest BCUT2D eigenvalue weighted by Gasteiger charge is 2.07. The second-order valence-corrected chi connectivity index (χ2v) is 4.93. The first kappa shape index (κ1) is 13.3. The third kappa shape index (κ3) is 3.68. The minimum absolute atomic E-state index is 0.0225. The van der Waals surface area contributed by atoms with Gasteiger partial charge in [-0.25, -0.2) is 0 Å². The van der Waals surface area contributed by atoms with E-state index in [0.717, 1.165) is 22.5 Å². The van der Waals surface area contributed by atoms with Gasteiger partial charge in [-0.3, -0.25) is 9.89 Å². The zero-order valence-electron chi connectivity index (χ0n) is 11.6. The van der Waals surface area contributed by atoms with Crippen LogP contribution in [0, 0.1) is 20.8 Å². The lowest BCUT2D eigenvalue weighted by molar-refractivity contribution is -0.120. The molecule has 0 saturated carbocycles. The highest BCUT2D eigenvalue weighted by atomic mass is 16.1. The van der Waals surface area contributed by atoms with E-state index in [2.05, 4.69) is 33.7 Å². The molecule has 0 aliphatic carbocycles. The largest absolute Gasteiger partial charge is 0.350 e. The van der Waals surface area contributed by atoms with Crippen LogP contribution in [-0.2, 0) is 17.8 Å². The van der Waals surface area contributed by atoms with Crippen LogP contribution in [0.2, 0.25) is 0 Å². The zero-order valence-corrected chi connectivity index (χ0v) is 11.6. The van der Waals surface area contributed by atoms with Gasteiger partial charge in [0.25, 0.3) is 0 Å². The number of nitrogens with zero attached hydrogens (tertiary/aromatic N) is 1. The van der Waals surface area contributed by atoms with Crippen LogP contribution < -0.4 is 5.32 Å². The fraction of sp³-hybridized carbons (Fsp3) is 0.333. The van der Waals surface area contributed by atoms with Crippen molar-refractivity contribution in [1.82, 2.24) is 15.5 Å². The Morgan fingerprint density at radius 1 is 1.26 bits per heavy atom. The molecule has 0 radical (unpaired) electrons. The molecule has 2 rings (SSSR count). The molecule has 0 bridgehead atoms. The van der Waals surface area contributed by atoms with E-state index < -0.39 is 0 Å². The molecule has 0 aliphatic heterocycles. The Hall–Kier alpha value is -2.10. The van der Waals surface area contributed by atoms with Gasteiger partial charge in [0.15, 0.2) is 0 Å². The Kier molecular flexibility index (Phi) is 4.00.